The van der Waals surface area contributed by atoms with Gasteiger partial charge in [-0.05, 0) is 106 Å². The molecule has 0 spiro atoms. The highest BCUT2D eigenvalue weighted by Crippen LogP contribution is 2.57. The van der Waals surface area contributed by atoms with Crippen LogP contribution in [0.15, 0.2) is 48.9 Å². The van der Waals surface area contributed by atoms with E-state index in [0.29, 0.717) is 30.8 Å². The molecule has 43 heavy (non-hydrogen) atoms. The van der Waals surface area contributed by atoms with Crippen molar-refractivity contribution in [2.75, 3.05) is 6.54 Å². The van der Waals surface area contributed by atoms with E-state index in [1.165, 1.54) is 0 Å². The van der Waals surface area contributed by atoms with Crippen LogP contribution in [0.2, 0.25) is 0 Å². The number of hydrogen-bond acceptors (Lipinski definition) is 8. The number of carbonyl (C=O) groups is 3. The van der Waals surface area contributed by atoms with Crippen LogP contribution in [-0.2, 0) is 24.4 Å². The van der Waals surface area contributed by atoms with E-state index in [-0.39, 0.29) is 18.4 Å². The molecule has 4 rings (SSSR count). The van der Waals surface area contributed by atoms with E-state index in [1.807, 2.05) is 67.9 Å². The highest BCUT2D eigenvalue weighted by molar-refractivity contribution is 5.88. The zero-order valence-corrected chi connectivity index (χ0v) is 26.8. The summed E-state index contributed by atoms with van der Waals surface area (Å²) >= 11 is 0. The van der Waals surface area contributed by atoms with Gasteiger partial charge >= 0.3 is 18.2 Å². The summed E-state index contributed by atoms with van der Waals surface area (Å²) in [7, 11) is 0. The van der Waals surface area contributed by atoms with Crippen LogP contribution in [-0.4, -0.2) is 60.9 Å². The number of aromatic nitrogens is 3. The largest absolute Gasteiger partial charge is 0.459 e. The number of para-hydroxylation sites is 1. The van der Waals surface area contributed by atoms with Crippen molar-refractivity contribution >= 4 is 29.1 Å². The second-order valence-corrected chi connectivity index (χ2v) is 14.2. The van der Waals surface area contributed by atoms with Crippen molar-refractivity contribution in [2.45, 2.75) is 104 Å². The summed E-state index contributed by atoms with van der Waals surface area (Å²) < 4.78 is 18.6. The predicted molar refractivity (Wildman–Crippen MR) is 163 cm³/mol. The Bertz CT molecular complexity index is 1470. The zero-order chi connectivity index (χ0) is 31.8. The molecule has 2 heterocycles. The Hall–Kier alpha value is -3.95. The van der Waals surface area contributed by atoms with Gasteiger partial charge in [0, 0.05) is 18.1 Å². The molecular formula is C33H44N4O6. The Balaban J connectivity index is 1.54. The van der Waals surface area contributed by atoms with Gasteiger partial charge in [0.2, 0.25) is 0 Å². The van der Waals surface area contributed by atoms with E-state index in [0.717, 1.165) is 15.8 Å². The molecule has 1 fully saturated rings. The number of amides is 2. The predicted octanol–water partition coefficient (Wildman–Crippen LogP) is 6.97. The molecule has 2 aromatic heterocycles. The molecule has 10 nitrogen and oxygen atoms in total. The lowest BCUT2D eigenvalue weighted by Gasteiger charge is -2.28. The minimum Gasteiger partial charge on any atom is -0.459 e. The monoisotopic (exact) mass is 592 g/mol. The summed E-state index contributed by atoms with van der Waals surface area (Å²) in [6.07, 6.45) is 3.52. The highest BCUT2D eigenvalue weighted by Gasteiger charge is 2.63. The van der Waals surface area contributed by atoms with Crippen LogP contribution < -0.4 is 0 Å². The summed E-state index contributed by atoms with van der Waals surface area (Å²) in [5.41, 5.74) is -1.70. The highest BCUT2D eigenvalue weighted by atomic mass is 16.6. The number of imide groups is 1. The molecule has 0 N–H and O–H groups in total. The second-order valence-electron chi connectivity index (χ2n) is 14.2. The third-order valence-electron chi connectivity index (χ3n) is 6.92. The maximum absolute atomic E-state index is 13.7. The van der Waals surface area contributed by atoms with Gasteiger partial charge in [0.05, 0.1) is 11.2 Å². The minimum atomic E-state index is -0.932. The Morgan fingerprint density at radius 2 is 1.49 bits per heavy atom. The lowest BCUT2D eigenvalue weighted by atomic mass is 9.97. The second kappa shape index (κ2) is 11.6. The first-order chi connectivity index (χ1) is 19.9. The first-order valence-corrected chi connectivity index (χ1v) is 14.8. The number of pyridine rings is 1. The van der Waals surface area contributed by atoms with Gasteiger partial charge in [0.15, 0.2) is 0 Å². The number of ether oxygens (including phenoxy) is 3. The molecule has 2 amide bonds. The van der Waals surface area contributed by atoms with Gasteiger partial charge in [-0.2, -0.15) is 0 Å². The smallest absolute Gasteiger partial charge is 0.419 e. The third kappa shape index (κ3) is 7.91. The minimum absolute atomic E-state index is 0.0835. The topological polar surface area (TPSA) is 113 Å². The molecule has 0 bridgehead atoms. The molecular weight excluding hydrogens is 548 g/mol. The number of imidazole rings is 1. The van der Waals surface area contributed by atoms with E-state index in [2.05, 4.69) is 4.98 Å². The molecule has 0 aliphatic heterocycles. The van der Waals surface area contributed by atoms with Gasteiger partial charge in [-0.15, -0.1) is 0 Å². The normalized spacial score (nSPS) is 18.7. The van der Waals surface area contributed by atoms with Crippen molar-refractivity contribution in [1.82, 2.24) is 19.4 Å². The van der Waals surface area contributed by atoms with Gasteiger partial charge in [-0.25, -0.2) is 24.5 Å². The van der Waals surface area contributed by atoms with Gasteiger partial charge in [0.1, 0.15) is 34.4 Å². The summed E-state index contributed by atoms with van der Waals surface area (Å²) in [5.74, 6) is 0.270. The van der Waals surface area contributed by atoms with E-state index < -0.39 is 34.4 Å². The average Bonchev–Trinajstić information content (AvgIpc) is 3.38. The van der Waals surface area contributed by atoms with Gasteiger partial charge in [0.25, 0.3) is 0 Å². The standard InChI is InChI=1S/C33H44N4O6/c1-30(2,3)41-27(38)33(25-20-36(21-34-25)26-17-16-22-13-10-11-15-24(22)35-26)19-23(33)14-12-18-37(28(39)42-31(4,5)6)29(40)43-32(7,8)9/h10-11,13,15-17,20-21,23H,12,14,18-19H2,1-9H3. The lowest BCUT2D eigenvalue weighted by molar-refractivity contribution is -0.158. The molecule has 232 valence electrons. The van der Waals surface area contributed by atoms with Crippen LogP contribution in [0.25, 0.3) is 16.7 Å². The average molecular weight is 593 g/mol. The van der Waals surface area contributed by atoms with Crippen molar-refractivity contribution in [3.05, 3.63) is 54.6 Å². The van der Waals surface area contributed by atoms with E-state index >= 15 is 0 Å². The fraction of sp³-hybridized carbons (Fsp3) is 0.545. The van der Waals surface area contributed by atoms with Gasteiger partial charge < -0.3 is 14.2 Å². The van der Waals surface area contributed by atoms with Crippen molar-refractivity contribution in [3.8, 4) is 5.82 Å². The van der Waals surface area contributed by atoms with Crippen molar-refractivity contribution < 1.29 is 28.6 Å². The molecule has 0 radical (unpaired) electrons. The Morgan fingerprint density at radius 3 is 2.09 bits per heavy atom. The molecule has 1 aromatic carbocycles. The number of benzene rings is 1. The molecule has 10 heteroatoms. The number of esters is 1. The van der Waals surface area contributed by atoms with Gasteiger partial charge in [-0.1, -0.05) is 18.2 Å². The first-order valence-electron chi connectivity index (χ1n) is 14.8. The third-order valence-corrected chi connectivity index (χ3v) is 6.92. The number of hydrogen-bond donors (Lipinski definition) is 0. The maximum atomic E-state index is 13.7. The Morgan fingerprint density at radius 1 is 0.884 bits per heavy atom. The SMILES string of the molecule is CC(C)(C)OC(=O)N(CCCC1CC1(C(=O)OC(C)(C)C)c1cn(-c2ccc3ccccc3n2)cn1)C(=O)OC(C)(C)C. The summed E-state index contributed by atoms with van der Waals surface area (Å²) in [6, 6.07) is 11.8. The van der Waals surface area contributed by atoms with Crippen LogP contribution >= 0.6 is 0 Å². The van der Waals surface area contributed by atoms with Crippen LogP contribution in [0.4, 0.5) is 9.59 Å². The number of rotatable bonds is 7. The molecule has 2 atom stereocenters. The van der Waals surface area contributed by atoms with Crippen LogP contribution in [0, 0.1) is 5.92 Å². The maximum Gasteiger partial charge on any atom is 0.419 e. The first kappa shape index (κ1) is 32.0. The summed E-state index contributed by atoms with van der Waals surface area (Å²) in [4.78, 5) is 49.9. The summed E-state index contributed by atoms with van der Waals surface area (Å²) in [6.45, 7) is 16.0. The zero-order valence-electron chi connectivity index (χ0n) is 26.8. The van der Waals surface area contributed by atoms with Crippen molar-refractivity contribution in [1.29, 1.82) is 0 Å². The van der Waals surface area contributed by atoms with Gasteiger partial charge in [-0.3, -0.25) is 9.36 Å². The number of nitrogens with zero attached hydrogens (tertiary/aromatic N) is 4. The van der Waals surface area contributed by atoms with E-state index in [9.17, 15) is 14.4 Å². The lowest BCUT2D eigenvalue weighted by Crippen LogP contribution is -2.44. The Labute approximate surface area is 253 Å². The molecule has 1 saturated carbocycles. The number of fused-ring (bicyclic) bond motifs is 1. The number of carbonyl (C=O) groups excluding carboxylic acids is 3. The van der Waals surface area contributed by atoms with E-state index in [1.54, 1.807) is 47.9 Å². The molecule has 3 aromatic rings. The van der Waals surface area contributed by atoms with Crippen molar-refractivity contribution in [3.63, 3.8) is 0 Å². The Kier molecular flexibility index (Phi) is 8.64. The molecule has 1 aliphatic carbocycles. The van der Waals surface area contributed by atoms with Crippen LogP contribution in [0.3, 0.4) is 0 Å². The summed E-state index contributed by atoms with van der Waals surface area (Å²) in [5, 5.41) is 1.03. The molecule has 0 saturated heterocycles. The van der Waals surface area contributed by atoms with Crippen LogP contribution in [0.1, 0.15) is 87.3 Å². The van der Waals surface area contributed by atoms with E-state index in [4.69, 9.17) is 19.2 Å². The quantitative estimate of drug-likeness (QED) is 0.213. The molecule has 2 unspecified atom stereocenters. The molecule has 1 aliphatic rings. The van der Waals surface area contributed by atoms with Crippen molar-refractivity contribution in [2.24, 2.45) is 5.92 Å². The fourth-order valence-corrected chi connectivity index (χ4v) is 4.98. The van der Waals surface area contributed by atoms with Crippen LogP contribution in [0.5, 0.6) is 0 Å². The fourth-order valence-electron chi connectivity index (χ4n) is 4.98.